The van der Waals surface area contributed by atoms with E-state index in [9.17, 15) is 9.90 Å². The number of carbonyl (C=O) groups is 1. The molecule has 1 N–H and O–H groups in total. The largest absolute Gasteiger partial charge is 0.497 e. The summed E-state index contributed by atoms with van der Waals surface area (Å²) < 4.78 is 5.06. The lowest BCUT2D eigenvalue weighted by atomic mass is 9.73. The van der Waals surface area contributed by atoms with Crippen molar-refractivity contribution in [3.05, 3.63) is 29.8 Å². The maximum atomic E-state index is 11.4. The zero-order chi connectivity index (χ0) is 12.3. The van der Waals surface area contributed by atoms with Gasteiger partial charge in [0, 0.05) is 0 Å². The van der Waals surface area contributed by atoms with E-state index >= 15 is 0 Å². The molecule has 3 nitrogen and oxygen atoms in total. The molecule has 16 heavy (non-hydrogen) atoms. The molecule has 1 unspecified atom stereocenters. The zero-order valence-corrected chi connectivity index (χ0v) is 10.2. The number of benzene rings is 1. The molecular weight excluding hydrogens is 204 g/mol. The van der Waals surface area contributed by atoms with Crippen LogP contribution in [0, 0.1) is 5.92 Å². The van der Waals surface area contributed by atoms with Crippen molar-refractivity contribution in [2.24, 2.45) is 5.92 Å². The van der Waals surface area contributed by atoms with Gasteiger partial charge in [-0.2, -0.15) is 0 Å². The number of rotatable bonds is 4. The normalized spacial score (nSPS) is 14.6. The van der Waals surface area contributed by atoms with Crippen LogP contribution in [0.25, 0.3) is 0 Å². The Morgan fingerprint density at radius 3 is 2.12 bits per heavy atom. The summed E-state index contributed by atoms with van der Waals surface area (Å²) in [6.07, 6.45) is 0. The molecule has 88 valence electrons. The van der Waals surface area contributed by atoms with E-state index in [1.807, 2.05) is 26.0 Å². The summed E-state index contributed by atoms with van der Waals surface area (Å²) in [5.74, 6) is -0.0358. The van der Waals surface area contributed by atoms with Gasteiger partial charge in [0.05, 0.1) is 12.5 Å². The first-order valence-corrected chi connectivity index (χ1v) is 5.30. The smallest absolute Gasteiger partial charge is 0.314 e. The van der Waals surface area contributed by atoms with E-state index in [-0.39, 0.29) is 5.92 Å². The highest BCUT2D eigenvalue weighted by Crippen LogP contribution is 2.33. The molecule has 1 aromatic carbocycles. The van der Waals surface area contributed by atoms with Crippen molar-refractivity contribution in [2.45, 2.75) is 26.2 Å². The Morgan fingerprint density at radius 1 is 1.31 bits per heavy atom. The van der Waals surface area contributed by atoms with Gasteiger partial charge >= 0.3 is 5.97 Å². The van der Waals surface area contributed by atoms with Crippen LogP contribution in [0.15, 0.2) is 24.3 Å². The molecule has 0 bridgehead atoms. The highest BCUT2D eigenvalue weighted by Gasteiger charge is 2.38. The molecule has 0 saturated heterocycles. The van der Waals surface area contributed by atoms with Gasteiger partial charge in [-0.3, -0.25) is 4.79 Å². The van der Waals surface area contributed by atoms with E-state index in [2.05, 4.69) is 0 Å². The number of carboxylic acid groups (broad SMARTS) is 1. The van der Waals surface area contributed by atoms with Crippen LogP contribution < -0.4 is 4.74 Å². The highest BCUT2D eigenvalue weighted by molar-refractivity contribution is 5.81. The van der Waals surface area contributed by atoms with Crippen LogP contribution >= 0.6 is 0 Å². The van der Waals surface area contributed by atoms with Gasteiger partial charge in [-0.25, -0.2) is 0 Å². The average molecular weight is 222 g/mol. The van der Waals surface area contributed by atoms with Crippen molar-refractivity contribution in [1.82, 2.24) is 0 Å². The molecule has 3 heteroatoms. The van der Waals surface area contributed by atoms with Crippen LogP contribution in [0.2, 0.25) is 0 Å². The lowest BCUT2D eigenvalue weighted by Crippen LogP contribution is -2.37. The molecule has 0 heterocycles. The van der Waals surface area contributed by atoms with Crippen LogP contribution in [-0.4, -0.2) is 18.2 Å². The van der Waals surface area contributed by atoms with Gasteiger partial charge < -0.3 is 9.84 Å². The van der Waals surface area contributed by atoms with Gasteiger partial charge in [0.15, 0.2) is 0 Å². The van der Waals surface area contributed by atoms with Gasteiger partial charge in [0.25, 0.3) is 0 Å². The third-order valence-corrected chi connectivity index (χ3v) is 3.29. The second-order valence-electron chi connectivity index (χ2n) is 4.39. The van der Waals surface area contributed by atoms with Crippen LogP contribution in [-0.2, 0) is 10.2 Å². The highest BCUT2D eigenvalue weighted by atomic mass is 16.5. The van der Waals surface area contributed by atoms with E-state index in [1.165, 1.54) is 0 Å². The molecule has 0 saturated carbocycles. The maximum absolute atomic E-state index is 11.4. The third kappa shape index (κ3) is 2.03. The Balaban J connectivity index is 3.17. The molecule has 0 aliphatic rings. The second kappa shape index (κ2) is 4.56. The standard InChI is InChI=1S/C13H18O3/c1-9(2)13(3,12(14)15)10-5-7-11(16-4)8-6-10/h5-9H,1-4H3,(H,14,15). The lowest BCUT2D eigenvalue weighted by molar-refractivity contribution is -0.145. The SMILES string of the molecule is COc1ccc(C(C)(C(=O)O)C(C)C)cc1. The molecule has 0 spiro atoms. The van der Waals surface area contributed by atoms with Crippen molar-refractivity contribution in [2.75, 3.05) is 7.11 Å². The topological polar surface area (TPSA) is 46.5 Å². The fourth-order valence-electron chi connectivity index (χ4n) is 1.64. The summed E-state index contributed by atoms with van der Waals surface area (Å²) in [4.78, 5) is 11.4. The Kier molecular flexibility index (Phi) is 3.58. The van der Waals surface area contributed by atoms with E-state index in [0.717, 1.165) is 11.3 Å². The van der Waals surface area contributed by atoms with Crippen molar-refractivity contribution in [3.8, 4) is 5.75 Å². The van der Waals surface area contributed by atoms with E-state index < -0.39 is 11.4 Å². The van der Waals surface area contributed by atoms with Crippen LogP contribution in [0.3, 0.4) is 0 Å². The molecule has 0 aliphatic carbocycles. The zero-order valence-electron chi connectivity index (χ0n) is 10.2. The predicted octanol–water partition coefficient (Wildman–Crippen LogP) is 2.69. The first kappa shape index (κ1) is 12.6. The van der Waals surface area contributed by atoms with E-state index in [0.29, 0.717) is 0 Å². The Bertz CT molecular complexity index is 367. The van der Waals surface area contributed by atoms with Crippen molar-refractivity contribution in [3.63, 3.8) is 0 Å². The summed E-state index contributed by atoms with van der Waals surface area (Å²) in [6, 6.07) is 7.21. The molecule has 0 amide bonds. The predicted molar refractivity (Wildman–Crippen MR) is 62.8 cm³/mol. The average Bonchev–Trinajstić information content (AvgIpc) is 2.27. The monoisotopic (exact) mass is 222 g/mol. The van der Waals surface area contributed by atoms with Gasteiger partial charge in [0.1, 0.15) is 5.75 Å². The number of hydrogen-bond donors (Lipinski definition) is 1. The summed E-state index contributed by atoms with van der Waals surface area (Å²) in [7, 11) is 1.59. The molecule has 0 aliphatic heterocycles. The minimum atomic E-state index is -0.855. The maximum Gasteiger partial charge on any atom is 0.314 e. The van der Waals surface area contributed by atoms with Gasteiger partial charge in [0.2, 0.25) is 0 Å². The summed E-state index contributed by atoms with van der Waals surface area (Å²) in [5, 5.41) is 9.35. The van der Waals surface area contributed by atoms with Crippen LogP contribution in [0.5, 0.6) is 5.75 Å². The summed E-state index contributed by atoms with van der Waals surface area (Å²) >= 11 is 0. The van der Waals surface area contributed by atoms with Crippen molar-refractivity contribution < 1.29 is 14.6 Å². The van der Waals surface area contributed by atoms with Crippen molar-refractivity contribution in [1.29, 1.82) is 0 Å². The minimum absolute atomic E-state index is 0.0263. The number of hydrogen-bond acceptors (Lipinski definition) is 2. The molecule has 1 rings (SSSR count). The van der Waals surface area contributed by atoms with E-state index in [1.54, 1.807) is 26.2 Å². The van der Waals surface area contributed by atoms with Gasteiger partial charge in [-0.05, 0) is 30.5 Å². The fourth-order valence-corrected chi connectivity index (χ4v) is 1.64. The molecule has 1 aromatic rings. The Hall–Kier alpha value is -1.51. The molecule has 0 radical (unpaired) electrons. The number of ether oxygens (including phenoxy) is 1. The molecule has 0 aromatic heterocycles. The summed E-state index contributed by atoms with van der Waals surface area (Å²) in [5.41, 5.74) is -0.0532. The number of methoxy groups -OCH3 is 1. The quantitative estimate of drug-likeness (QED) is 0.852. The van der Waals surface area contributed by atoms with Gasteiger partial charge in [-0.15, -0.1) is 0 Å². The first-order chi connectivity index (χ1) is 7.42. The van der Waals surface area contributed by atoms with Crippen molar-refractivity contribution >= 4 is 5.97 Å². The molecule has 1 atom stereocenters. The first-order valence-electron chi connectivity index (χ1n) is 5.30. The number of aliphatic carboxylic acids is 1. The van der Waals surface area contributed by atoms with Gasteiger partial charge in [-0.1, -0.05) is 26.0 Å². The van der Waals surface area contributed by atoms with E-state index in [4.69, 9.17) is 4.74 Å². The molecule has 0 fully saturated rings. The molecular formula is C13H18O3. The second-order valence-corrected chi connectivity index (χ2v) is 4.39. The minimum Gasteiger partial charge on any atom is -0.497 e. The van der Waals surface area contributed by atoms with Crippen LogP contribution in [0.1, 0.15) is 26.3 Å². The Morgan fingerprint density at radius 2 is 1.81 bits per heavy atom. The lowest BCUT2D eigenvalue weighted by Gasteiger charge is -2.29. The Labute approximate surface area is 96.1 Å². The fraction of sp³-hybridized carbons (Fsp3) is 0.462. The van der Waals surface area contributed by atoms with Crippen LogP contribution in [0.4, 0.5) is 0 Å². The summed E-state index contributed by atoms with van der Waals surface area (Å²) in [6.45, 7) is 5.58. The third-order valence-electron chi connectivity index (χ3n) is 3.29. The number of carboxylic acids is 1.